The van der Waals surface area contributed by atoms with Gasteiger partial charge in [0.2, 0.25) is 10.0 Å². The van der Waals surface area contributed by atoms with Gasteiger partial charge in [-0.15, -0.1) is 0 Å². The van der Waals surface area contributed by atoms with Crippen LogP contribution >= 0.6 is 0 Å². The average Bonchev–Trinajstić information content (AvgIpc) is 2.76. The van der Waals surface area contributed by atoms with Gasteiger partial charge < -0.3 is 19.5 Å². The highest BCUT2D eigenvalue weighted by molar-refractivity contribution is 7.89. The number of dihydropyridines is 1. The minimum absolute atomic E-state index is 0.0369. The molecule has 0 aliphatic carbocycles. The summed E-state index contributed by atoms with van der Waals surface area (Å²) in [5, 5.41) is 2.88. The fourth-order valence-electron chi connectivity index (χ4n) is 3.24. The van der Waals surface area contributed by atoms with E-state index in [1.54, 1.807) is 19.9 Å². The zero-order valence-corrected chi connectivity index (χ0v) is 19.5. The Balaban J connectivity index is 2.38. The first-order chi connectivity index (χ1) is 14.9. The molecular weight excluding hydrogens is 440 g/mol. The van der Waals surface area contributed by atoms with Crippen LogP contribution < -0.4 is 5.32 Å². The first kappa shape index (κ1) is 25.1. The molecule has 32 heavy (non-hydrogen) atoms. The molecule has 0 atom stereocenters. The minimum Gasteiger partial charge on any atom is -0.466 e. The van der Waals surface area contributed by atoms with Crippen molar-refractivity contribution >= 4 is 27.9 Å². The third-order valence-electron chi connectivity index (χ3n) is 4.86. The van der Waals surface area contributed by atoms with E-state index < -0.39 is 33.8 Å². The van der Waals surface area contributed by atoms with Gasteiger partial charge in [-0.25, -0.2) is 22.3 Å². The summed E-state index contributed by atoms with van der Waals surface area (Å²) in [6.07, 6.45) is 0. The van der Waals surface area contributed by atoms with Crippen molar-refractivity contribution in [2.24, 2.45) is 5.92 Å². The minimum atomic E-state index is -3.67. The number of hydrogen-bond donors (Lipinski definition) is 1. The molecule has 1 aliphatic heterocycles. The second-order valence-corrected chi connectivity index (χ2v) is 9.31. The van der Waals surface area contributed by atoms with E-state index in [9.17, 15) is 22.8 Å². The van der Waals surface area contributed by atoms with Crippen LogP contribution in [0, 0.1) is 5.92 Å². The number of nitrogens with one attached hydrogen (secondary N) is 1. The standard InChI is InChI=1S/C21H26N2O8S/c1-12-16(19(24)29-5)18(17(13(2)22-12)20(25)30-6)21(26)31-11-14-8-7-9-15(10-14)32(27,28)23(3)4/h7-10,18,22H,11H2,1-6H3. The molecule has 0 bridgehead atoms. The van der Waals surface area contributed by atoms with E-state index in [-0.39, 0.29) is 22.6 Å². The second-order valence-electron chi connectivity index (χ2n) is 7.16. The summed E-state index contributed by atoms with van der Waals surface area (Å²) in [4.78, 5) is 37.8. The molecule has 0 radical (unpaired) electrons. The first-order valence-corrected chi connectivity index (χ1v) is 10.9. The van der Waals surface area contributed by atoms with Crippen LogP contribution in [0.1, 0.15) is 19.4 Å². The number of allylic oxidation sites excluding steroid dienone is 2. The van der Waals surface area contributed by atoms with E-state index in [4.69, 9.17) is 14.2 Å². The highest BCUT2D eigenvalue weighted by atomic mass is 32.2. The maximum absolute atomic E-state index is 13.1. The average molecular weight is 467 g/mol. The highest BCUT2D eigenvalue weighted by Crippen LogP contribution is 2.32. The van der Waals surface area contributed by atoms with Gasteiger partial charge >= 0.3 is 17.9 Å². The summed E-state index contributed by atoms with van der Waals surface area (Å²) in [5.41, 5.74) is 0.932. The maximum Gasteiger partial charge on any atom is 0.336 e. The molecule has 1 aromatic carbocycles. The van der Waals surface area contributed by atoms with Crippen LogP contribution in [0.5, 0.6) is 0 Å². The Hall–Kier alpha value is -3.18. The van der Waals surface area contributed by atoms with E-state index >= 15 is 0 Å². The van der Waals surface area contributed by atoms with Crippen molar-refractivity contribution in [3.8, 4) is 0 Å². The molecule has 11 heteroatoms. The van der Waals surface area contributed by atoms with Crippen molar-refractivity contribution in [2.75, 3.05) is 28.3 Å². The monoisotopic (exact) mass is 466 g/mol. The summed E-state index contributed by atoms with van der Waals surface area (Å²) in [5.74, 6) is -3.86. The van der Waals surface area contributed by atoms with Crippen LogP contribution in [0.15, 0.2) is 51.7 Å². The van der Waals surface area contributed by atoms with Crippen LogP contribution in [-0.4, -0.2) is 58.9 Å². The van der Waals surface area contributed by atoms with E-state index in [0.717, 1.165) is 18.5 Å². The van der Waals surface area contributed by atoms with Gasteiger partial charge in [0, 0.05) is 25.5 Å². The quantitative estimate of drug-likeness (QED) is 0.464. The smallest absolute Gasteiger partial charge is 0.336 e. The van der Waals surface area contributed by atoms with Crippen LogP contribution in [0.2, 0.25) is 0 Å². The molecular formula is C21H26N2O8S. The predicted octanol–water partition coefficient (Wildman–Crippen LogP) is 1.09. The molecule has 0 aromatic heterocycles. The fourth-order valence-corrected chi connectivity index (χ4v) is 4.21. The number of hydrogen-bond acceptors (Lipinski definition) is 9. The Bertz CT molecular complexity index is 1060. The van der Waals surface area contributed by atoms with Gasteiger partial charge in [-0.05, 0) is 31.5 Å². The normalized spacial score (nSPS) is 14.8. The van der Waals surface area contributed by atoms with Crippen molar-refractivity contribution in [1.82, 2.24) is 9.62 Å². The van der Waals surface area contributed by atoms with Crippen LogP contribution in [0.3, 0.4) is 0 Å². The molecule has 0 spiro atoms. The van der Waals surface area contributed by atoms with Gasteiger partial charge in [0.1, 0.15) is 12.5 Å². The largest absolute Gasteiger partial charge is 0.466 e. The number of nitrogens with zero attached hydrogens (tertiary/aromatic N) is 1. The van der Waals surface area contributed by atoms with Crippen molar-refractivity contribution < 1.29 is 37.0 Å². The van der Waals surface area contributed by atoms with Gasteiger partial charge in [0.15, 0.2) is 0 Å². The Kier molecular flexibility index (Phi) is 7.81. The lowest BCUT2D eigenvalue weighted by molar-refractivity contribution is -0.152. The summed E-state index contributed by atoms with van der Waals surface area (Å²) in [7, 11) is 1.46. The number of rotatable bonds is 7. The first-order valence-electron chi connectivity index (χ1n) is 9.49. The third kappa shape index (κ3) is 5.00. The molecule has 0 unspecified atom stereocenters. The molecule has 0 fully saturated rings. The van der Waals surface area contributed by atoms with Gasteiger partial charge in [0.25, 0.3) is 0 Å². The number of carbonyl (C=O) groups excluding carboxylic acids is 3. The number of esters is 3. The number of ether oxygens (including phenoxy) is 3. The number of benzene rings is 1. The van der Waals surface area contributed by atoms with E-state index in [2.05, 4.69) is 5.32 Å². The number of sulfonamides is 1. The summed E-state index contributed by atoms with van der Waals surface area (Å²) >= 11 is 0. The molecule has 2 rings (SSSR count). The predicted molar refractivity (Wildman–Crippen MR) is 113 cm³/mol. The summed E-state index contributed by atoms with van der Waals surface area (Å²) < 4.78 is 40.7. The summed E-state index contributed by atoms with van der Waals surface area (Å²) in [6, 6.07) is 5.93. The Morgan fingerprint density at radius 3 is 2.00 bits per heavy atom. The third-order valence-corrected chi connectivity index (χ3v) is 6.68. The topological polar surface area (TPSA) is 128 Å². The highest BCUT2D eigenvalue weighted by Gasteiger charge is 2.42. The molecule has 0 amide bonds. The number of carbonyl (C=O) groups is 3. The lowest BCUT2D eigenvalue weighted by Gasteiger charge is -2.28. The summed E-state index contributed by atoms with van der Waals surface area (Å²) in [6.45, 7) is 2.86. The molecule has 0 saturated heterocycles. The molecule has 1 N–H and O–H groups in total. The van der Waals surface area contributed by atoms with Crippen LogP contribution in [0.25, 0.3) is 0 Å². The van der Waals surface area contributed by atoms with Gasteiger partial charge in [0.05, 0.1) is 30.3 Å². The Morgan fingerprint density at radius 2 is 1.53 bits per heavy atom. The Labute approximate surface area is 186 Å². The fraction of sp³-hybridized carbons (Fsp3) is 0.381. The second kappa shape index (κ2) is 9.96. The molecule has 1 aliphatic rings. The van der Waals surface area contributed by atoms with Crippen molar-refractivity contribution in [2.45, 2.75) is 25.3 Å². The molecule has 1 aromatic rings. The van der Waals surface area contributed by atoms with Crippen LogP contribution in [0.4, 0.5) is 0 Å². The van der Waals surface area contributed by atoms with E-state index in [1.165, 1.54) is 32.3 Å². The number of methoxy groups -OCH3 is 2. The molecule has 10 nitrogen and oxygen atoms in total. The molecule has 174 valence electrons. The van der Waals surface area contributed by atoms with Crippen molar-refractivity contribution in [3.63, 3.8) is 0 Å². The lowest BCUT2D eigenvalue weighted by Crippen LogP contribution is -2.37. The van der Waals surface area contributed by atoms with Gasteiger partial charge in [-0.2, -0.15) is 0 Å². The Morgan fingerprint density at radius 1 is 1.00 bits per heavy atom. The maximum atomic E-state index is 13.1. The zero-order valence-electron chi connectivity index (χ0n) is 18.7. The van der Waals surface area contributed by atoms with Crippen molar-refractivity contribution in [3.05, 3.63) is 52.4 Å². The molecule has 1 heterocycles. The lowest BCUT2D eigenvalue weighted by atomic mass is 9.85. The van der Waals surface area contributed by atoms with Gasteiger partial charge in [-0.3, -0.25) is 4.79 Å². The van der Waals surface area contributed by atoms with Crippen LogP contribution in [-0.2, 0) is 45.2 Å². The van der Waals surface area contributed by atoms with Crippen molar-refractivity contribution in [1.29, 1.82) is 0 Å². The van der Waals surface area contributed by atoms with E-state index in [0.29, 0.717) is 17.0 Å². The molecule has 0 saturated carbocycles. The zero-order chi connectivity index (χ0) is 24.2. The SMILES string of the molecule is COC(=O)C1=C(C)NC(C)=C(C(=O)OC)C1C(=O)OCc1cccc(S(=O)(=O)N(C)C)c1. The van der Waals surface area contributed by atoms with E-state index in [1.807, 2.05) is 0 Å². The van der Waals surface area contributed by atoms with Gasteiger partial charge in [-0.1, -0.05) is 12.1 Å².